The summed E-state index contributed by atoms with van der Waals surface area (Å²) in [5.41, 5.74) is 2.56. The van der Waals surface area contributed by atoms with Gasteiger partial charge < -0.3 is 14.4 Å². The maximum Gasteiger partial charge on any atom is 0.270 e. The molecule has 0 N–H and O–H groups in total. The van der Waals surface area contributed by atoms with E-state index >= 15 is 0 Å². The number of rotatable bonds is 4. The molecule has 10 heteroatoms. The molecule has 0 atom stereocenters. The summed E-state index contributed by atoms with van der Waals surface area (Å²) in [5.74, 6) is -0.331. The van der Waals surface area contributed by atoms with Crippen LogP contribution in [0.1, 0.15) is 34.7 Å². The second kappa shape index (κ2) is 10.1. The lowest BCUT2D eigenvalue weighted by Crippen LogP contribution is -2.50. The monoisotopic (exact) mass is 542 g/mol. The van der Waals surface area contributed by atoms with Crippen LogP contribution in [-0.2, 0) is 9.84 Å². The predicted octanol–water partition coefficient (Wildman–Crippen LogP) is 3.32. The van der Waals surface area contributed by atoms with Gasteiger partial charge in [-0.25, -0.2) is 8.42 Å². The van der Waals surface area contributed by atoms with E-state index in [-0.39, 0.29) is 36.4 Å². The topological polar surface area (TPSA) is 82.9 Å². The highest BCUT2D eigenvalue weighted by molar-refractivity contribution is 7.91. The van der Waals surface area contributed by atoms with Gasteiger partial charge in [-0.2, -0.15) is 0 Å². The van der Waals surface area contributed by atoms with E-state index in [1.54, 1.807) is 23.1 Å². The standard InChI is InChI=1S/C27H31ClN4O4S/c1-19(2)29-9-11-30(12-10-29)26(33)20-3-8-24-21(17-20)18-25(32(24)23-6-4-22(28)5-7-23)27(34)31-13-15-37(35,36)16-14-31/h3-8,17-19H,9-16H2,1-2H3. The average molecular weight is 543 g/mol. The molecule has 3 aromatic rings. The largest absolute Gasteiger partial charge is 0.336 e. The van der Waals surface area contributed by atoms with Gasteiger partial charge in [0.05, 0.1) is 17.0 Å². The molecular weight excluding hydrogens is 512 g/mol. The van der Waals surface area contributed by atoms with E-state index in [9.17, 15) is 18.0 Å². The van der Waals surface area contributed by atoms with E-state index < -0.39 is 9.84 Å². The Labute approximate surface area is 222 Å². The summed E-state index contributed by atoms with van der Waals surface area (Å²) in [6.07, 6.45) is 0. The fourth-order valence-corrected chi connectivity index (χ4v) is 6.40. The quantitative estimate of drug-likeness (QED) is 0.505. The fraction of sp³-hybridized carbons (Fsp3) is 0.407. The molecule has 1 aromatic heterocycles. The van der Waals surface area contributed by atoms with Crippen molar-refractivity contribution >= 4 is 44.2 Å². The third kappa shape index (κ3) is 5.26. The van der Waals surface area contributed by atoms with Crippen LogP contribution < -0.4 is 0 Å². The van der Waals surface area contributed by atoms with Crippen molar-refractivity contribution in [3.63, 3.8) is 0 Å². The number of amides is 2. The van der Waals surface area contributed by atoms with Crippen molar-refractivity contribution in [2.45, 2.75) is 19.9 Å². The number of hydrogen-bond acceptors (Lipinski definition) is 5. The lowest BCUT2D eigenvalue weighted by atomic mass is 10.1. The van der Waals surface area contributed by atoms with Crippen molar-refractivity contribution in [1.82, 2.24) is 19.3 Å². The molecule has 0 unspecified atom stereocenters. The highest BCUT2D eigenvalue weighted by atomic mass is 35.5. The van der Waals surface area contributed by atoms with Gasteiger partial charge in [-0.1, -0.05) is 11.6 Å². The van der Waals surface area contributed by atoms with Gasteiger partial charge in [-0.05, 0) is 62.4 Å². The number of carbonyl (C=O) groups excluding carboxylic acids is 2. The van der Waals surface area contributed by atoms with Crippen LogP contribution in [-0.4, -0.2) is 96.3 Å². The first-order chi connectivity index (χ1) is 17.6. The zero-order valence-corrected chi connectivity index (χ0v) is 22.6. The van der Waals surface area contributed by atoms with Gasteiger partial charge in [0.1, 0.15) is 5.69 Å². The van der Waals surface area contributed by atoms with Crippen molar-refractivity contribution in [3.8, 4) is 5.69 Å². The second-order valence-electron chi connectivity index (χ2n) is 9.98. The third-order valence-electron chi connectivity index (χ3n) is 7.32. The first kappa shape index (κ1) is 25.8. The molecule has 0 spiro atoms. The number of halogens is 1. The van der Waals surface area contributed by atoms with E-state index in [1.807, 2.05) is 39.8 Å². The number of piperazine rings is 1. The first-order valence-electron chi connectivity index (χ1n) is 12.6. The van der Waals surface area contributed by atoms with E-state index in [2.05, 4.69) is 18.7 Å². The number of fused-ring (bicyclic) bond motifs is 1. The van der Waals surface area contributed by atoms with E-state index in [4.69, 9.17) is 11.6 Å². The Balaban J connectivity index is 1.50. The van der Waals surface area contributed by atoms with Crippen LogP contribution >= 0.6 is 11.6 Å². The molecule has 3 heterocycles. The minimum atomic E-state index is -3.12. The van der Waals surface area contributed by atoms with Crippen molar-refractivity contribution in [2.24, 2.45) is 0 Å². The van der Waals surface area contributed by atoms with E-state index in [0.29, 0.717) is 35.4 Å². The molecule has 5 rings (SSSR count). The van der Waals surface area contributed by atoms with Gasteiger partial charge in [-0.15, -0.1) is 0 Å². The SMILES string of the molecule is CC(C)N1CCN(C(=O)c2ccc3c(c2)cc(C(=O)N2CCS(=O)(=O)CC2)n3-c2ccc(Cl)cc2)CC1. The van der Waals surface area contributed by atoms with Gasteiger partial charge in [0.2, 0.25) is 0 Å². The van der Waals surface area contributed by atoms with Crippen LogP contribution in [0.3, 0.4) is 0 Å². The smallest absolute Gasteiger partial charge is 0.270 e. The molecule has 8 nitrogen and oxygen atoms in total. The van der Waals surface area contributed by atoms with Gasteiger partial charge in [0, 0.05) is 67.0 Å². The number of carbonyl (C=O) groups is 2. The van der Waals surface area contributed by atoms with Crippen LogP contribution in [0.2, 0.25) is 5.02 Å². The summed E-state index contributed by atoms with van der Waals surface area (Å²) < 4.78 is 25.7. The molecule has 2 fully saturated rings. The van der Waals surface area contributed by atoms with Gasteiger partial charge in [-0.3, -0.25) is 14.5 Å². The Kier molecular flexibility index (Phi) is 7.04. The number of aromatic nitrogens is 1. The summed E-state index contributed by atoms with van der Waals surface area (Å²) in [6.45, 7) is 7.72. The van der Waals surface area contributed by atoms with Crippen LogP contribution in [0.4, 0.5) is 0 Å². The molecule has 0 radical (unpaired) electrons. The minimum absolute atomic E-state index is 0.0151. The summed E-state index contributed by atoms with van der Waals surface area (Å²) in [5, 5.41) is 1.36. The molecule has 37 heavy (non-hydrogen) atoms. The Morgan fingerprint density at radius 1 is 0.811 bits per heavy atom. The summed E-state index contributed by atoms with van der Waals surface area (Å²) in [6, 6.07) is 15.0. The highest BCUT2D eigenvalue weighted by Gasteiger charge is 2.29. The van der Waals surface area contributed by atoms with Gasteiger partial charge >= 0.3 is 0 Å². The Hall–Kier alpha value is -2.88. The fourth-order valence-electron chi connectivity index (χ4n) is 5.08. The molecular formula is C27H31ClN4O4S. The zero-order chi connectivity index (χ0) is 26.3. The maximum atomic E-state index is 13.6. The summed E-state index contributed by atoms with van der Waals surface area (Å²) in [4.78, 5) is 32.7. The Morgan fingerprint density at radius 3 is 2.05 bits per heavy atom. The number of hydrogen-bond donors (Lipinski definition) is 0. The molecule has 0 saturated carbocycles. The average Bonchev–Trinajstić information content (AvgIpc) is 3.27. The molecule has 0 aliphatic carbocycles. The summed E-state index contributed by atoms with van der Waals surface area (Å²) >= 11 is 6.11. The summed E-state index contributed by atoms with van der Waals surface area (Å²) in [7, 11) is -3.12. The third-order valence-corrected chi connectivity index (χ3v) is 9.18. The predicted molar refractivity (Wildman–Crippen MR) is 145 cm³/mol. The highest BCUT2D eigenvalue weighted by Crippen LogP contribution is 2.28. The normalized spacial score (nSPS) is 18.5. The van der Waals surface area contributed by atoms with Gasteiger partial charge in [0.15, 0.2) is 9.84 Å². The molecule has 2 aliphatic rings. The number of sulfone groups is 1. The van der Waals surface area contributed by atoms with Crippen molar-refractivity contribution in [1.29, 1.82) is 0 Å². The first-order valence-corrected chi connectivity index (χ1v) is 14.8. The molecule has 2 amide bonds. The number of benzene rings is 2. The molecule has 196 valence electrons. The van der Waals surface area contributed by atoms with E-state index in [0.717, 1.165) is 29.7 Å². The second-order valence-corrected chi connectivity index (χ2v) is 12.7. The van der Waals surface area contributed by atoms with Crippen molar-refractivity contribution < 1.29 is 18.0 Å². The van der Waals surface area contributed by atoms with Crippen LogP contribution in [0, 0.1) is 0 Å². The van der Waals surface area contributed by atoms with Crippen LogP contribution in [0.25, 0.3) is 16.6 Å². The van der Waals surface area contributed by atoms with Crippen LogP contribution in [0.15, 0.2) is 48.5 Å². The van der Waals surface area contributed by atoms with Crippen molar-refractivity contribution in [3.05, 3.63) is 64.8 Å². The van der Waals surface area contributed by atoms with Crippen molar-refractivity contribution in [2.75, 3.05) is 50.8 Å². The molecule has 2 aliphatic heterocycles. The number of nitrogens with zero attached hydrogens (tertiary/aromatic N) is 4. The van der Waals surface area contributed by atoms with Gasteiger partial charge in [0.25, 0.3) is 11.8 Å². The molecule has 0 bridgehead atoms. The molecule has 2 aromatic carbocycles. The maximum absolute atomic E-state index is 13.6. The zero-order valence-electron chi connectivity index (χ0n) is 21.1. The van der Waals surface area contributed by atoms with Crippen LogP contribution in [0.5, 0.6) is 0 Å². The molecule has 2 saturated heterocycles. The van der Waals surface area contributed by atoms with E-state index in [1.165, 1.54) is 0 Å². The Bertz CT molecular complexity index is 1430. The minimum Gasteiger partial charge on any atom is -0.336 e. The Morgan fingerprint density at radius 2 is 1.43 bits per heavy atom. The lowest BCUT2D eigenvalue weighted by Gasteiger charge is -2.37. The lowest BCUT2D eigenvalue weighted by molar-refractivity contribution is 0.0595.